The summed E-state index contributed by atoms with van der Waals surface area (Å²) in [5.74, 6) is -21.0. The number of rotatable bonds is 5. The molecule has 0 amide bonds. The van der Waals surface area contributed by atoms with Crippen LogP contribution in [0.1, 0.15) is 13.3 Å². The molecule has 3 unspecified atom stereocenters. The summed E-state index contributed by atoms with van der Waals surface area (Å²) in [6.45, 7) is 2.31. The third-order valence-electron chi connectivity index (χ3n) is 4.23. The zero-order chi connectivity index (χ0) is 25.6. The molecule has 1 fully saturated rings. The van der Waals surface area contributed by atoms with E-state index < -0.39 is 59.4 Å². The van der Waals surface area contributed by atoms with Crippen LogP contribution in [0.3, 0.4) is 0 Å². The van der Waals surface area contributed by atoms with Crippen molar-refractivity contribution in [3.63, 3.8) is 0 Å². The maximum atomic E-state index is 14.9. The molecule has 10 nitrogen and oxygen atoms in total. The number of hydrogen-bond donors (Lipinski definition) is 1. The monoisotopic (exact) mass is 490 g/mol. The molecule has 180 valence electrons. The summed E-state index contributed by atoms with van der Waals surface area (Å²) < 4.78 is 145. The lowest BCUT2D eigenvalue weighted by Crippen LogP contribution is -2.84. The number of hydrogen-bond acceptors (Lipinski definition) is 6. The van der Waals surface area contributed by atoms with Crippen molar-refractivity contribution in [1.29, 1.82) is 0 Å². The molecule has 1 aliphatic heterocycles. The minimum absolute atomic E-state index is 0.221. The normalized spacial score (nSPS) is 31.6. The standard InChI is InChI=1S/C12H8F10N6O4/c1-3-6(11(20,21)22)8(16,17)10(30,25-27-23)9(18,19)12(32-6,26-28-24)31-5(29)4(2)7(13,14)15/h30H,2-3H2,1H3. The van der Waals surface area contributed by atoms with Crippen molar-refractivity contribution < 1.29 is 63.3 Å². The molecule has 1 aliphatic rings. The third kappa shape index (κ3) is 3.35. The van der Waals surface area contributed by atoms with Gasteiger partial charge in [0.05, 0.1) is 0 Å². The van der Waals surface area contributed by atoms with E-state index in [1.54, 1.807) is 5.11 Å². The fourth-order valence-electron chi connectivity index (χ4n) is 2.53. The molecule has 0 radical (unpaired) electrons. The first-order valence-corrected chi connectivity index (χ1v) is 7.55. The van der Waals surface area contributed by atoms with Gasteiger partial charge in [-0.25, -0.2) is 4.79 Å². The van der Waals surface area contributed by atoms with E-state index in [1.165, 1.54) is 9.82 Å². The minimum Gasteiger partial charge on any atom is -0.417 e. The van der Waals surface area contributed by atoms with Gasteiger partial charge in [0, 0.05) is 9.82 Å². The predicted octanol–water partition coefficient (Wildman–Crippen LogP) is 4.62. The number of ether oxygens (including phenoxy) is 2. The van der Waals surface area contributed by atoms with Gasteiger partial charge >= 0.3 is 36.1 Å². The number of azide groups is 2. The van der Waals surface area contributed by atoms with Gasteiger partial charge in [-0.1, -0.05) is 13.5 Å². The van der Waals surface area contributed by atoms with Gasteiger partial charge < -0.3 is 14.6 Å². The second-order valence-corrected chi connectivity index (χ2v) is 5.93. The fourth-order valence-corrected chi connectivity index (χ4v) is 2.53. The van der Waals surface area contributed by atoms with Crippen LogP contribution in [0.4, 0.5) is 43.9 Å². The van der Waals surface area contributed by atoms with E-state index >= 15 is 0 Å². The highest BCUT2D eigenvalue weighted by molar-refractivity contribution is 5.89. The highest BCUT2D eigenvalue weighted by Gasteiger charge is 2.92. The van der Waals surface area contributed by atoms with Gasteiger partial charge in [0.1, 0.15) is 5.57 Å². The SMILES string of the molecule is C=C(C(=O)OC1(N=[N+]=[N-])OC(CC)(C(F)(F)F)C(F)(F)C(O)(N=[N+]=[N-])C1(F)F)C(F)(F)F. The Kier molecular flexibility index (Phi) is 6.41. The first-order chi connectivity index (χ1) is 14.2. The van der Waals surface area contributed by atoms with Crippen LogP contribution in [0.15, 0.2) is 22.4 Å². The minimum atomic E-state index is -6.48. The molecule has 20 heteroatoms. The van der Waals surface area contributed by atoms with Gasteiger partial charge in [0.15, 0.2) is 0 Å². The van der Waals surface area contributed by atoms with Crippen LogP contribution in [0, 0.1) is 0 Å². The molecule has 1 N–H and O–H groups in total. The molecule has 1 rings (SSSR count). The third-order valence-corrected chi connectivity index (χ3v) is 4.23. The van der Waals surface area contributed by atoms with Crippen molar-refractivity contribution >= 4 is 5.97 Å². The smallest absolute Gasteiger partial charge is 0.417 e. The van der Waals surface area contributed by atoms with E-state index in [9.17, 15) is 53.8 Å². The molecule has 3 atom stereocenters. The second kappa shape index (κ2) is 7.58. The van der Waals surface area contributed by atoms with Crippen molar-refractivity contribution in [1.82, 2.24) is 0 Å². The second-order valence-electron chi connectivity index (χ2n) is 5.93. The number of carbonyl (C=O) groups is 1. The highest BCUT2D eigenvalue weighted by atomic mass is 19.4. The van der Waals surface area contributed by atoms with Gasteiger partial charge in [-0.3, -0.25) is 0 Å². The first-order valence-electron chi connectivity index (χ1n) is 7.55. The Morgan fingerprint density at radius 1 is 1.06 bits per heavy atom. The molecule has 1 saturated heterocycles. The molecular formula is C12H8F10N6O4. The highest BCUT2D eigenvalue weighted by Crippen LogP contribution is 2.65. The number of alkyl halides is 10. The summed E-state index contributed by atoms with van der Waals surface area (Å²) in [7, 11) is 0. The molecule has 0 aromatic heterocycles. The Morgan fingerprint density at radius 2 is 1.53 bits per heavy atom. The fraction of sp³-hybridized carbons (Fsp3) is 0.750. The molecule has 0 spiro atoms. The van der Waals surface area contributed by atoms with Gasteiger partial charge in [-0.05, 0) is 27.7 Å². The average molecular weight is 490 g/mol. The molecular weight excluding hydrogens is 482 g/mol. The quantitative estimate of drug-likeness (QED) is 0.149. The Bertz CT molecular complexity index is 909. The number of esters is 1. The summed E-state index contributed by atoms with van der Waals surface area (Å²) in [5.41, 5.74) is 2.88. The van der Waals surface area contributed by atoms with Crippen molar-refractivity contribution in [3.05, 3.63) is 33.0 Å². The van der Waals surface area contributed by atoms with Crippen LogP contribution >= 0.6 is 0 Å². The van der Waals surface area contributed by atoms with Gasteiger partial charge in [0.2, 0.25) is 5.60 Å². The molecule has 1 heterocycles. The Morgan fingerprint density at radius 3 is 1.88 bits per heavy atom. The number of aliphatic hydroxyl groups is 1. The van der Waals surface area contributed by atoms with Gasteiger partial charge in [-0.2, -0.15) is 43.9 Å². The van der Waals surface area contributed by atoms with E-state index in [0.717, 1.165) is 0 Å². The van der Waals surface area contributed by atoms with E-state index in [4.69, 9.17) is 11.1 Å². The van der Waals surface area contributed by atoms with Gasteiger partial charge in [-0.15, -0.1) is 0 Å². The van der Waals surface area contributed by atoms with Crippen LogP contribution < -0.4 is 0 Å². The summed E-state index contributed by atoms with van der Waals surface area (Å²) in [5, 5.41) is 13.3. The van der Waals surface area contributed by atoms with E-state index in [-0.39, 0.29) is 6.92 Å². The molecule has 0 saturated carbocycles. The summed E-state index contributed by atoms with van der Waals surface area (Å²) in [6, 6.07) is 0. The maximum absolute atomic E-state index is 14.9. The summed E-state index contributed by atoms with van der Waals surface area (Å²) >= 11 is 0. The Hall–Kier alpha value is -2.95. The molecule has 0 aliphatic carbocycles. The molecule has 32 heavy (non-hydrogen) atoms. The summed E-state index contributed by atoms with van der Waals surface area (Å²) in [6.07, 6.45) is -14.3. The van der Waals surface area contributed by atoms with E-state index in [0.29, 0.717) is 0 Å². The van der Waals surface area contributed by atoms with Crippen molar-refractivity contribution in [3.8, 4) is 0 Å². The number of carbonyl (C=O) groups excluding carboxylic acids is 1. The molecule has 0 aromatic rings. The average Bonchev–Trinajstić information content (AvgIpc) is 2.62. The van der Waals surface area contributed by atoms with Crippen LogP contribution in [-0.2, 0) is 14.3 Å². The largest absolute Gasteiger partial charge is 0.423 e. The zero-order valence-corrected chi connectivity index (χ0v) is 15.0. The zero-order valence-electron chi connectivity index (χ0n) is 15.0. The number of nitrogens with zero attached hydrogens (tertiary/aromatic N) is 6. The Balaban J connectivity index is 4.10. The lowest BCUT2D eigenvalue weighted by molar-refractivity contribution is -0.517. The summed E-state index contributed by atoms with van der Waals surface area (Å²) in [4.78, 5) is 14.5. The van der Waals surface area contributed by atoms with Crippen LogP contribution in [-0.4, -0.2) is 52.5 Å². The van der Waals surface area contributed by atoms with Crippen molar-refractivity contribution in [2.45, 2.75) is 54.8 Å². The van der Waals surface area contributed by atoms with Crippen molar-refractivity contribution in [2.24, 2.45) is 10.2 Å². The van der Waals surface area contributed by atoms with E-state index in [2.05, 4.69) is 16.1 Å². The maximum Gasteiger partial charge on any atom is 0.423 e. The first kappa shape index (κ1) is 27.1. The van der Waals surface area contributed by atoms with Crippen LogP contribution in [0.2, 0.25) is 0 Å². The van der Waals surface area contributed by atoms with Crippen LogP contribution in [0.5, 0.6) is 0 Å². The molecule has 0 aromatic carbocycles. The van der Waals surface area contributed by atoms with Gasteiger partial charge in [0.25, 0.3) is 5.72 Å². The Labute approximate surface area is 168 Å². The lowest BCUT2D eigenvalue weighted by Gasteiger charge is -2.57. The lowest BCUT2D eigenvalue weighted by atomic mass is 9.77. The van der Waals surface area contributed by atoms with E-state index in [1.807, 2.05) is 5.11 Å². The van der Waals surface area contributed by atoms with Crippen LogP contribution in [0.25, 0.3) is 20.9 Å². The topological polar surface area (TPSA) is 153 Å². The van der Waals surface area contributed by atoms with Crippen molar-refractivity contribution in [2.75, 3.05) is 0 Å². The predicted molar refractivity (Wildman–Crippen MR) is 77.3 cm³/mol. The number of halogens is 10. The molecule has 0 bridgehead atoms.